The van der Waals surface area contributed by atoms with Crippen molar-refractivity contribution in [3.05, 3.63) is 35.6 Å². The summed E-state index contributed by atoms with van der Waals surface area (Å²) < 4.78 is 12.7. The molecule has 0 atom stereocenters. The number of halogens is 1. The molecular weight excluding hydrogens is 221 g/mol. The van der Waals surface area contributed by atoms with Gasteiger partial charge >= 0.3 is 0 Å². The molecule has 0 saturated carbocycles. The van der Waals surface area contributed by atoms with Crippen LogP contribution in [0.15, 0.2) is 24.3 Å². The highest BCUT2D eigenvalue weighted by Crippen LogP contribution is 2.09. The molecule has 2 amide bonds. The molecule has 0 aliphatic heterocycles. The lowest BCUT2D eigenvalue weighted by Crippen LogP contribution is -2.33. The largest absolute Gasteiger partial charge is 0.282 e. The molecule has 4 heteroatoms. The Morgan fingerprint density at radius 1 is 1.24 bits per heavy atom. The first-order valence-corrected chi connectivity index (χ1v) is 5.48. The zero-order chi connectivity index (χ0) is 13.0. The average Bonchev–Trinajstić information content (AvgIpc) is 2.27. The number of hydrogen-bond acceptors (Lipinski definition) is 2. The summed E-state index contributed by atoms with van der Waals surface area (Å²) in [5.74, 6) is -0.839. The Balaban J connectivity index is 2.76. The average molecular weight is 237 g/mol. The van der Waals surface area contributed by atoms with Crippen molar-refractivity contribution in [2.75, 3.05) is 7.05 Å². The zero-order valence-corrected chi connectivity index (χ0v) is 10.2. The SMILES string of the molecule is CC(C)CC(=O)N(C)C(=O)c1ccc(F)cc1. The summed E-state index contributed by atoms with van der Waals surface area (Å²) in [5.41, 5.74) is 0.311. The number of benzene rings is 1. The molecule has 1 rings (SSSR count). The molecule has 1 aromatic rings. The summed E-state index contributed by atoms with van der Waals surface area (Å²) in [7, 11) is 1.44. The number of nitrogens with zero attached hydrogens (tertiary/aromatic N) is 1. The molecule has 0 spiro atoms. The van der Waals surface area contributed by atoms with E-state index >= 15 is 0 Å². The molecule has 0 aliphatic rings. The first kappa shape index (κ1) is 13.4. The lowest BCUT2D eigenvalue weighted by Gasteiger charge is -2.16. The molecular formula is C13H16FNO2. The van der Waals surface area contributed by atoms with Crippen LogP contribution in [-0.4, -0.2) is 23.8 Å². The molecule has 0 radical (unpaired) electrons. The van der Waals surface area contributed by atoms with E-state index < -0.39 is 11.7 Å². The van der Waals surface area contributed by atoms with Gasteiger partial charge in [-0.05, 0) is 30.2 Å². The third-order valence-corrected chi connectivity index (χ3v) is 2.35. The van der Waals surface area contributed by atoms with Gasteiger partial charge < -0.3 is 0 Å². The van der Waals surface area contributed by atoms with Crippen LogP contribution in [0.5, 0.6) is 0 Å². The van der Waals surface area contributed by atoms with Gasteiger partial charge in [0.25, 0.3) is 5.91 Å². The summed E-state index contributed by atoms with van der Waals surface area (Å²) in [5, 5.41) is 0. The molecule has 92 valence electrons. The lowest BCUT2D eigenvalue weighted by atomic mass is 10.1. The predicted octanol–water partition coefficient (Wildman–Crippen LogP) is 2.47. The fraction of sp³-hybridized carbons (Fsp3) is 0.385. The first-order chi connectivity index (χ1) is 7.91. The van der Waals surface area contributed by atoms with Crippen LogP contribution in [0.1, 0.15) is 30.6 Å². The monoisotopic (exact) mass is 237 g/mol. The molecule has 0 aromatic heterocycles. The van der Waals surface area contributed by atoms with Crippen molar-refractivity contribution in [2.24, 2.45) is 5.92 Å². The summed E-state index contributed by atoms with van der Waals surface area (Å²) >= 11 is 0. The maximum atomic E-state index is 12.7. The van der Waals surface area contributed by atoms with E-state index in [0.717, 1.165) is 4.90 Å². The summed E-state index contributed by atoms with van der Waals surface area (Å²) in [6.07, 6.45) is 0.323. The Hall–Kier alpha value is -1.71. The van der Waals surface area contributed by atoms with Crippen LogP contribution in [0.3, 0.4) is 0 Å². The number of hydrogen-bond donors (Lipinski definition) is 0. The quantitative estimate of drug-likeness (QED) is 0.809. The summed E-state index contributed by atoms with van der Waals surface area (Å²) in [4.78, 5) is 24.6. The molecule has 17 heavy (non-hydrogen) atoms. The van der Waals surface area contributed by atoms with Crippen molar-refractivity contribution in [1.82, 2.24) is 4.90 Å². The minimum atomic E-state index is -0.407. The summed E-state index contributed by atoms with van der Waals surface area (Å²) in [6.45, 7) is 3.82. The van der Waals surface area contributed by atoms with E-state index in [1.54, 1.807) is 0 Å². The highest BCUT2D eigenvalue weighted by molar-refractivity contribution is 6.04. The standard InChI is InChI=1S/C13H16FNO2/c1-9(2)8-12(16)15(3)13(17)10-4-6-11(14)7-5-10/h4-7,9H,8H2,1-3H3. The van der Waals surface area contributed by atoms with Gasteiger partial charge in [0, 0.05) is 19.0 Å². The number of imide groups is 1. The number of carbonyl (C=O) groups is 2. The van der Waals surface area contributed by atoms with Crippen LogP contribution in [0.25, 0.3) is 0 Å². The van der Waals surface area contributed by atoms with E-state index in [0.29, 0.717) is 12.0 Å². The van der Waals surface area contributed by atoms with Crippen molar-refractivity contribution >= 4 is 11.8 Å². The van der Waals surface area contributed by atoms with Crippen molar-refractivity contribution < 1.29 is 14.0 Å². The van der Waals surface area contributed by atoms with E-state index in [4.69, 9.17) is 0 Å². The Kier molecular flexibility index (Phi) is 4.37. The fourth-order valence-corrected chi connectivity index (χ4v) is 1.39. The van der Waals surface area contributed by atoms with Gasteiger partial charge in [0.2, 0.25) is 5.91 Å². The highest BCUT2D eigenvalue weighted by Gasteiger charge is 2.19. The van der Waals surface area contributed by atoms with Gasteiger partial charge in [0.15, 0.2) is 0 Å². The van der Waals surface area contributed by atoms with E-state index in [9.17, 15) is 14.0 Å². The van der Waals surface area contributed by atoms with E-state index in [-0.39, 0.29) is 11.8 Å². The van der Waals surface area contributed by atoms with Crippen molar-refractivity contribution in [3.63, 3.8) is 0 Å². The van der Waals surface area contributed by atoms with Gasteiger partial charge in [-0.3, -0.25) is 14.5 Å². The van der Waals surface area contributed by atoms with Gasteiger partial charge in [0.1, 0.15) is 5.82 Å². The van der Waals surface area contributed by atoms with Crippen molar-refractivity contribution in [2.45, 2.75) is 20.3 Å². The summed E-state index contributed by atoms with van der Waals surface area (Å²) in [6, 6.07) is 5.15. The highest BCUT2D eigenvalue weighted by atomic mass is 19.1. The number of rotatable bonds is 3. The second-order valence-corrected chi connectivity index (χ2v) is 4.36. The minimum Gasteiger partial charge on any atom is -0.282 e. The third kappa shape index (κ3) is 3.66. The van der Waals surface area contributed by atoms with E-state index in [1.807, 2.05) is 13.8 Å². The number of amides is 2. The second kappa shape index (κ2) is 5.57. The normalized spacial score (nSPS) is 10.4. The third-order valence-electron chi connectivity index (χ3n) is 2.35. The van der Waals surface area contributed by atoms with Gasteiger partial charge in [-0.1, -0.05) is 13.8 Å². The first-order valence-electron chi connectivity index (χ1n) is 5.48. The fourth-order valence-electron chi connectivity index (χ4n) is 1.39. The lowest BCUT2D eigenvalue weighted by molar-refractivity contribution is -0.128. The van der Waals surface area contributed by atoms with Crippen LogP contribution in [0, 0.1) is 11.7 Å². The van der Waals surface area contributed by atoms with Gasteiger partial charge in [0.05, 0.1) is 0 Å². The van der Waals surface area contributed by atoms with Crippen molar-refractivity contribution in [3.8, 4) is 0 Å². The van der Waals surface area contributed by atoms with E-state index in [2.05, 4.69) is 0 Å². The number of carbonyl (C=O) groups excluding carboxylic acids is 2. The van der Waals surface area contributed by atoms with Crippen LogP contribution in [0.2, 0.25) is 0 Å². The minimum absolute atomic E-state index is 0.200. The van der Waals surface area contributed by atoms with Gasteiger partial charge in [-0.25, -0.2) is 4.39 Å². The molecule has 0 aliphatic carbocycles. The Bertz CT molecular complexity index is 412. The maximum absolute atomic E-state index is 12.7. The van der Waals surface area contributed by atoms with E-state index in [1.165, 1.54) is 31.3 Å². The second-order valence-electron chi connectivity index (χ2n) is 4.36. The van der Waals surface area contributed by atoms with Crippen LogP contribution in [0.4, 0.5) is 4.39 Å². The van der Waals surface area contributed by atoms with Gasteiger partial charge in [-0.2, -0.15) is 0 Å². The van der Waals surface area contributed by atoms with Crippen LogP contribution >= 0.6 is 0 Å². The molecule has 3 nitrogen and oxygen atoms in total. The molecule has 1 aromatic carbocycles. The Morgan fingerprint density at radius 2 is 1.76 bits per heavy atom. The molecule has 0 saturated heterocycles. The van der Waals surface area contributed by atoms with Crippen LogP contribution < -0.4 is 0 Å². The zero-order valence-electron chi connectivity index (χ0n) is 10.2. The molecule has 0 bridgehead atoms. The topological polar surface area (TPSA) is 37.4 Å². The smallest absolute Gasteiger partial charge is 0.260 e. The predicted molar refractivity (Wildman–Crippen MR) is 63.0 cm³/mol. The van der Waals surface area contributed by atoms with Gasteiger partial charge in [-0.15, -0.1) is 0 Å². The Morgan fingerprint density at radius 3 is 2.24 bits per heavy atom. The molecule has 0 fully saturated rings. The van der Waals surface area contributed by atoms with Crippen LogP contribution in [-0.2, 0) is 4.79 Å². The van der Waals surface area contributed by atoms with Crippen molar-refractivity contribution in [1.29, 1.82) is 0 Å². The molecule has 0 unspecified atom stereocenters. The molecule has 0 heterocycles. The Labute approximate surface area is 100 Å². The maximum Gasteiger partial charge on any atom is 0.260 e. The molecule has 0 N–H and O–H groups in total.